The van der Waals surface area contributed by atoms with Crippen LogP contribution in [-0.4, -0.2) is 50.3 Å². The highest BCUT2D eigenvalue weighted by Crippen LogP contribution is 2.25. The number of methoxy groups -OCH3 is 1. The first-order valence-corrected chi connectivity index (χ1v) is 7.42. The summed E-state index contributed by atoms with van der Waals surface area (Å²) in [6, 6.07) is 3.31. The lowest BCUT2D eigenvalue weighted by Gasteiger charge is -2.11. The fourth-order valence-corrected chi connectivity index (χ4v) is 1.90. The molecule has 3 N–H and O–H groups in total. The van der Waals surface area contributed by atoms with Crippen molar-refractivity contribution in [3.05, 3.63) is 29.6 Å². The van der Waals surface area contributed by atoms with Crippen molar-refractivity contribution in [2.24, 2.45) is 10.7 Å². The Bertz CT molecular complexity index is 641. The number of hydrogen-bond donors (Lipinski definition) is 2. The molecule has 0 amide bonds. The van der Waals surface area contributed by atoms with Crippen molar-refractivity contribution in [1.82, 2.24) is 10.3 Å². The van der Waals surface area contributed by atoms with Gasteiger partial charge >= 0.3 is 5.97 Å². The molecule has 0 aliphatic heterocycles. The zero-order valence-electron chi connectivity index (χ0n) is 14.0. The highest BCUT2D eigenvalue weighted by molar-refractivity contribution is 6.37. The fraction of sp³-hybridized carbons (Fsp3) is 0.375. The fourth-order valence-electron chi connectivity index (χ4n) is 1.90. The van der Waals surface area contributed by atoms with E-state index in [0.717, 1.165) is 0 Å². The van der Waals surface area contributed by atoms with Gasteiger partial charge in [-0.25, -0.2) is 14.8 Å². The Morgan fingerprint density at radius 2 is 2.25 bits per heavy atom. The van der Waals surface area contributed by atoms with Crippen molar-refractivity contribution >= 4 is 23.7 Å². The molecule has 0 unspecified atom stereocenters. The molecule has 1 heterocycles. The van der Waals surface area contributed by atoms with E-state index < -0.39 is 5.97 Å². The minimum Gasteiger partial charge on any atom is -0.479 e. The molecule has 0 atom stereocenters. The van der Waals surface area contributed by atoms with Crippen molar-refractivity contribution in [3.63, 3.8) is 0 Å². The third-order valence-corrected chi connectivity index (χ3v) is 3.05. The molecule has 0 aliphatic rings. The van der Waals surface area contributed by atoms with E-state index in [1.165, 1.54) is 7.11 Å². The molecule has 0 saturated heterocycles. The lowest BCUT2D eigenvalue weighted by Crippen LogP contribution is -2.23. The Kier molecular flexibility index (Phi) is 8.14. The van der Waals surface area contributed by atoms with Crippen LogP contribution in [0.15, 0.2) is 34.6 Å². The third-order valence-electron chi connectivity index (χ3n) is 3.05. The van der Waals surface area contributed by atoms with E-state index in [1.54, 1.807) is 32.3 Å². The molecule has 0 bridgehead atoms. The number of hydrogen-bond acceptors (Lipinski definition) is 8. The summed E-state index contributed by atoms with van der Waals surface area (Å²) in [5.41, 5.74) is 6.44. The number of aromatic nitrogens is 1. The van der Waals surface area contributed by atoms with Gasteiger partial charge in [0, 0.05) is 11.8 Å². The van der Waals surface area contributed by atoms with Crippen LogP contribution in [-0.2, 0) is 14.3 Å². The highest BCUT2D eigenvalue weighted by Gasteiger charge is 2.18. The van der Waals surface area contributed by atoms with Gasteiger partial charge in [0.2, 0.25) is 5.88 Å². The van der Waals surface area contributed by atoms with E-state index in [2.05, 4.69) is 15.3 Å². The van der Waals surface area contributed by atoms with Crippen molar-refractivity contribution in [1.29, 1.82) is 0 Å². The van der Waals surface area contributed by atoms with Crippen molar-refractivity contribution in [3.8, 4) is 5.88 Å². The van der Waals surface area contributed by atoms with Gasteiger partial charge in [0.1, 0.15) is 17.1 Å². The average Bonchev–Trinajstić information content (AvgIpc) is 2.61. The molecule has 130 valence electrons. The molecule has 0 radical (unpaired) electrons. The van der Waals surface area contributed by atoms with Crippen LogP contribution < -0.4 is 15.8 Å². The van der Waals surface area contributed by atoms with Crippen LogP contribution in [0.1, 0.15) is 13.3 Å². The van der Waals surface area contributed by atoms with Crippen LogP contribution in [0.25, 0.3) is 0 Å². The van der Waals surface area contributed by atoms with E-state index in [1.807, 2.05) is 0 Å². The van der Waals surface area contributed by atoms with Crippen LogP contribution in [0.2, 0.25) is 0 Å². The Morgan fingerprint density at radius 1 is 1.50 bits per heavy atom. The minimum absolute atomic E-state index is 0.0297. The van der Waals surface area contributed by atoms with Crippen molar-refractivity contribution in [2.75, 3.05) is 27.3 Å². The summed E-state index contributed by atoms with van der Waals surface area (Å²) in [5.74, 6) is -0.421. The van der Waals surface area contributed by atoms with Crippen LogP contribution in [0.3, 0.4) is 0 Å². The second-order valence-electron chi connectivity index (χ2n) is 4.61. The first-order valence-electron chi connectivity index (χ1n) is 7.42. The van der Waals surface area contributed by atoms with E-state index in [0.29, 0.717) is 30.5 Å². The average molecular weight is 334 g/mol. The SMILES string of the molecule is CCOC(=O)C(N)=C(CCNC)C(C=O)=Nc1cccnc1OC. The van der Waals surface area contributed by atoms with Crippen LogP contribution in [0.5, 0.6) is 5.88 Å². The van der Waals surface area contributed by atoms with Gasteiger partial charge in [-0.05, 0) is 39.1 Å². The molecule has 0 aliphatic carbocycles. The van der Waals surface area contributed by atoms with Gasteiger partial charge in [0.25, 0.3) is 0 Å². The molecule has 8 heteroatoms. The molecule has 0 fully saturated rings. The number of carbonyl (C=O) groups excluding carboxylic acids is 2. The second kappa shape index (κ2) is 10.1. The van der Waals surface area contributed by atoms with E-state index in [9.17, 15) is 9.59 Å². The molecule has 1 aromatic heterocycles. The second-order valence-corrected chi connectivity index (χ2v) is 4.61. The van der Waals surface area contributed by atoms with E-state index in [4.69, 9.17) is 15.2 Å². The van der Waals surface area contributed by atoms with Crippen LogP contribution >= 0.6 is 0 Å². The molecule has 1 aromatic rings. The lowest BCUT2D eigenvalue weighted by atomic mass is 10.0. The maximum absolute atomic E-state index is 11.9. The largest absolute Gasteiger partial charge is 0.479 e. The van der Waals surface area contributed by atoms with Crippen molar-refractivity contribution < 1.29 is 19.1 Å². The summed E-state index contributed by atoms with van der Waals surface area (Å²) in [6.45, 7) is 2.36. The minimum atomic E-state index is -0.684. The van der Waals surface area contributed by atoms with E-state index >= 15 is 0 Å². The molecule has 8 nitrogen and oxygen atoms in total. The standard InChI is InChI=1S/C16H22N4O4/c1-4-24-16(22)14(17)11(7-9-18-2)13(10-21)20-12-6-5-8-19-15(12)23-3/h5-6,8,10,18H,4,7,9,17H2,1-3H3. The quantitative estimate of drug-likeness (QED) is 0.296. The molecular weight excluding hydrogens is 312 g/mol. The Balaban J connectivity index is 3.36. The topological polar surface area (TPSA) is 116 Å². The number of nitrogens with zero attached hydrogens (tertiary/aromatic N) is 2. The summed E-state index contributed by atoms with van der Waals surface area (Å²) < 4.78 is 10.0. The molecule has 1 rings (SSSR count). The van der Waals surface area contributed by atoms with Gasteiger partial charge in [-0.1, -0.05) is 0 Å². The number of nitrogens with two attached hydrogens (primary N) is 1. The number of esters is 1. The summed E-state index contributed by atoms with van der Waals surface area (Å²) in [4.78, 5) is 31.7. The Morgan fingerprint density at radius 3 is 2.83 bits per heavy atom. The number of rotatable bonds is 9. The first kappa shape index (κ1) is 19.3. The Hall–Kier alpha value is -2.74. The van der Waals surface area contributed by atoms with Gasteiger partial charge in [0.05, 0.1) is 13.7 Å². The molecule has 0 spiro atoms. The number of ether oxygens (including phenoxy) is 2. The predicted molar refractivity (Wildman–Crippen MR) is 90.3 cm³/mol. The number of aliphatic imine (C=N–C) groups is 1. The Labute approximate surface area is 140 Å². The maximum atomic E-state index is 11.9. The summed E-state index contributed by atoms with van der Waals surface area (Å²) >= 11 is 0. The van der Waals surface area contributed by atoms with Gasteiger partial charge < -0.3 is 20.5 Å². The molecular formula is C16H22N4O4. The summed E-state index contributed by atoms with van der Waals surface area (Å²) in [6.07, 6.45) is 2.42. The summed E-state index contributed by atoms with van der Waals surface area (Å²) in [5, 5.41) is 2.94. The summed E-state index contributed by atoms with van der Waals surface area (Å²) in [7, 11) is 3.20. The number of pyridine rings is 1. The smallest absolute Gasteiger partial charge is 0.354 e. The maximum Gasteiger partial charge on any atom is 0.354 e. The third kappa shape index (κ3) is 5.17. The number of nitrogens with one attached hydrogen (secondary N) is 1. The predicted octanol–water partition coefficient (Wildman–Crippen LogP) is 0.747. The van der Waals surface area contributed by atoms with Crippen molar-refractivity contribution in [2.45, 2.75) is 13.3 Å². The zero-order valence-corrected chi connectivity index (χ0v) is 14.0. The zero-order chi connectivity index (χ0) is 17.9. The first-order chi connectivity index (χ1) is 11.6. The molecule has 0 aromatic carbocycles. The highest BCUT2D eigenvalue weighted by atomic mass is 16.5. The normalized spacial score (nSPS) is 12.4. The van der Waals surface area contributed by atoms with Crippen LogP contribution in [0, 0.1) is 0 Å². The molecule has 0 saturated carbocycles. The monoisotopic (exact) mass is 334 g/mol. The van der Waals surface area contributed by atoms with Gasteiger partial charge in [-0.15, -0.1) is 0 Å². The van der Waals surface area contributed by atoms with Crippen LogP contribution in [0.4, 0.5) is 5.69 Å². The van der Waals surface area contributed by atoms with Gasteiger partial charge in [-0.2, -0.15) is 0 Å². The lowest BCUT2D eigenvalue weighted by molar-refractivity contribution is -0.138. The van der Waals surface area contributed by atoms with E-state index in [-0.39, 0.29) is 23.9 Å². The number of aldehydes is 1. The molecule has 24 heavy (non-hydrogen) atoms. The van der Waals surface area contributed by atoms with Gasteiger partial charge in [0.15, 0.2) is 6.29 Å². The van der Waals surface area contributed by atoms with Gasteiger partial charge in [-0.3, -0.25) is 4.79 Å². The number of carbonyl (C=O) groups is 2.